The SMILES string of the molecule is CCOc1ccc(CCc2ccc(-c3ccc(C[C@@H](C)c4ccccc4)cc3)cc2)cc1. The van der Waals surface area contributed by atoms with Crippen molar-refractivity contribution in [2.45, 2.75) is 39.0 Å². The predicted octanol–water partition coefficient (Wildman–Crippen LogP) is 7.88. The summed E-state index contributed by atoms with van der Waals surface area (Å²) in [5.41, 5.74) is 8.06. The summed E-state index contributed by atoms with van der Waals surface area (Å²) in [4.78, 5) is 0. The van der Waals surface area contributed by atoms with Crippen LogP contribution in [0, 0.1) is 0 Å². The van der Waals surface area contributed by atoms with Gasteiger partial charge in [-0.1, -0.05) is 97.9 Å². The molecule has 4 aromatic carbocycles. The summed E-state index contributed by atoms with van der Waals surface area (Å²) in [5, 5.41) is 0. The fraction of sp³-hybridized carbons (Fsp3) is 0.226. The molecule has 0 saturated heterocycles. The lowest BCUT2D eigenvalue weighted by Crippen LogP contribution is -1.98. The van der Waals surface area contributed by atoms with Gasteiger partial charge in [-0.25, -0.2) is 0 Å². The molecule has 0 unspecified atom stereocenters. The highest BCUT2D eigenvalue weighted by atomic mass is 16.5. The first kappa shape index (κ1) is 21.9. The van der Waals surface area contributed by atoms with E-state index in [-0.39, 0.29) is 0 Å². The lowest BCUT2D eigenvalue weighted by atomic mass is 9.93. The Hall–Kier alpha value is -3.32. The Morgan fingerprint density at radius 1 is 0.594 bits per heavy atom. The minimum absolute atomic E-state index is 0.525. The van der Waals surface area contributed by atoms with Crippen molar-refractivity contribution in [3.05, 3.63) is 125 Å². The number of ether oxygens (including phenoxy) is 1. The van der Waals surface area contributed by atoms with E-state index in [1.165, 1.54) is 33.4 Å². The Labute approximate surface area is 192 Å². The summed E-state index contributed by atoms with van der Waals surface area (Å²) in [6.45, 7) is 5.02. The maximum absolute atomic E-state index is 5.53. The second kappa shape index (κ2) is 10.8. The molecule has 32 heavy (non-hydrogen) atoms. The quantitative estimate of drug-likeness (QED) is 0.267. The molecule has 0 radical (unpaired) electrons. The molecule has 0 spiro atoms. The summed E-state index contributed by atoms with van der Waals surface area (Å²) in [5.74, 6) is 1.47. The molecule has 0 aliphatic heterocycles. The molecule has 0 saturated carbocycles. The maximum atomic E-state index is 5.53. The normalized spacial score (nSPS) is 11.8. The van der Waals surface area contributed by atoms with Crippen LogP contribution in [0.15, 0.2) is 103 Å². The van der Waals surface area contributed by atoms with Crippen LogP contribution in [0.25, 0.3) is 11.1 Å². The van der Waals surface area contributed by atoms with Crippen molar-refractivity contribution < 1.29 is 4.74 Å². The second-order valence-electron chi connectivity index (χ2n) is 8.49. The van der Waals surface area contributed by atoms with E-state index < -0.39 is 0 Å². The van der Waals surface area contributed by atoms with Gasteiger partial charge < -0.3 is 4.74 Å². The van der Waals surface area contributed by atoms with Gasteiger partial charge in [0.1, 0.15) is 5.75 Å². The van der Waals surface area contributed by atoms with E-state index in [2.05, 4.69) is 110 Å². The lowest BCUT2D eigenvalue weighted by Gasteiger charge is -2.12. The van der Waals surface area contributed by atoms with Crippen LogP contribution in [-0.4, -0.2) is 6.61 Å². The van der Waals surface area contributed by atoms with Gasteiger partial charge in [-0.05, 0) is 77.6 Å². The summed E-state index contributed by atoms with van der Waals surface area (Å²) >= 11 is 0. The summed E-state index contributed by atoms with van der Waals surface area (Å²) in [7, 11) is 0. The van der Waals surface area contributed by atoms with Crippen LogP contribution in [0.3, 0.4) is 0 Å². The van der Waals surface area contributed by atoms with Crippen LogP contribution >= 0.6 is 0 Å². The van der Waals surface area contributed by atoms with E-state index in [9.17, 15) is 0 Å². The molecule has 0 fully saturated rings. The topological polar surface area (TPSA) is 9.23 Å². The van der Waals surface area contributed by atoms with Gasteiger partial charge in [0.15, 0.2) is 0 Å². The third kappa shape index (κ3) is 5.88. The lowest BCUT2D eigenvalue weighted by molar-refractivity contribution is 0.340. The monoisotopic (exact) mass is 420 g/mol. The Balaban J connectivity index is 1.33. The molecule has 0 aliphatic rings. The van der Waals surface area contributed by atoms with Crippen molar-refractivity contribution in [2.75, 3.05) is 6.61 Å². The highest BCUT2D eigenvalue weighted by Crippen LogP contribution is 2.24. The predicted molar refractivity (Wildman–Crippen MR) is 135 cm³/mol. The molecule has 162 valence electrons. The zero-order valence-corrected chi connectivity index (χ0v) is 19.1. The van der Waals surface area contributed by atoms with Crippen molar-refractivity contribution in [1.29, 1.82) is 0 Å². The minimum atomic E-state index is 0.525. The van der Waals surface area contributed by atoms with Crippen molar-refractivity contribution in [1.82, 2.24) is 0 Å². The van der Waals surface area contributed by atoms with Crippen LogP contribution in [0.4, 0.5) is 0 Å². The molecule has 1 nitrogen and oxygen atoms in total. The van der Waals surface area contributed by atoms with E-state index in [0.29, 0.717) is 12.5 Å². The summed E-state index contributed by atoms with van der Waals surface area (Å²) in [6, 6.07) is 37.3. The fourth-order valence-electron chi connectivity index (χ4n) is 4.16. The minimum Gasteiger partial charge on any atom is -0.494 e. The Morgan fingerprint density at radius 2 is 1.09 bits per heavy atom. The Kier molecular flexibility index (Phi) is 7.40. The molecule has 0 aliphatic carbocycles. The third-order valence-corrected chi connectivity index (χ3v) is 6.09. The van der Waals surface area contributed by atoms with Crippen molar-refractivity contribution in [3.63, 3.8) is 0 Å². The van der Waals surface area contributed by atoms with E-state index in [4.69, 9.17) is 4.74 Å². The molecular formula is C31H32O. The van der Waals surface area contributed by atoms with Crippen LogP contribution in [-0.2, 0) is 19.3 Å². The first-order chi connectivity index (χ1) is 15.7. The van der Waals surface area contributed by atoms with Crippen LogP contribution in [0.2, 0.25) is 0 Å². The molecule has 1 heteroatoms. The average molecular weight is 421 g/mol. The van der Waals surface area contributed by atoms with Gasteiger partial charge in [0.2, 0.25) is 0 Å². The van der Waals surface area contributed by atoms with Gasteiger partial charge in [0, 0.05) is 0 Å². The van der Waals surface area contributed by atoms with Crippen LogP contribution < -0.4 is 4.74 Å². The largest absolute Gasteiger partial charge is 0.494 e. The van der Waals surface area contributed by atoms with Crippen LogP contribution in [0.5, 0.6) is 5.75 Å². The van der Waals surface area contributed by atoms with E-state index in [1.54, 1.807) is 0 Å². The third-order valence-electron chi connectivity index (χ3n) is 6.09. The Morgan fingerprint density at radius 3 is 1.62 bits per heavy atom. The number of benzene rings is 4. The number of hydrogen-bond donors (Lipinski definition) is 0. The summed E-state index contributed by atoms with van der Waals surface area (Å²) in [6.07, 6.45) is 3.15. The van der Waals surface area contributed by atoms with Gasteiger partial charge in [-0.2, -0.15) is 0 Å². The summed E-state index contributed by atoms with van der Waals surface area (Å²) < 4.78 is 5.53. The smallest absolute Gasteiger partial charge is 0.119 e. The maximum Gasteiger partial charge on any atom is 0.119 e. The van der Waals surface area contributed by atoms with Gasteiger partial charge >= 0.3 is 0 Å². The number of aryl methyl sites for hydroxylation is 2. The molecule has 1 atom stereocenters. The first-order valence-corrected chi connectivity index (χ1v) is 11.7. The molecule has 4 aromatic rings. The fourth-order valence-corrected chi connectivity index (χ4v) is 4.16. The van der Waals surface area contributed by atoms with Crippen molar-refractivity contribution >= 4 is 0 Å². The molecule has 0 aromatic heterocycles. The van der Waals surface area contributed by atoms with Crippen molar-refractivity contribution in [2.24, 2.45) is 0 Å². The second-order valence-corrected chi connectivity index (χ2v) is 8.49. The van der Waals surface area contributed by atoms with E-state index >= 15 is 0 Å². The van der Waals surface area contributed by atoms with E-state index in [1.807, 2.05) is 6.92 Å². The number of hydrogen-bond acceptors (Lipinski definition) is 1. The molecule has 4 rings (SSSR count). The molecule has 0 heterocycles. The highest BCUT2D eigenvalue weighted by molar-refractivity contribution is 5.64. The first-order valence-electron chi connectivity index (χ1n) is 11.7. The van der Waals surface area contributed by atoms with Gasteiger partial charge in [-0.3, -0.25) is 0 Å². The van der Waals surface area contributed by atoms with Gasteiger partial charge in [0.25, 0.3) is 0 Å². The van der Waals surface area contributed by atoms with E-state index in [0.717, 1.165) is 25.0 Å². The average Bonchev–Trinajstić information content (AvgIpc) is 2.85. The molecule has 0 bridgehead atoms. The zero-order valence-electron chi connectivity index (χ0n) is 19.1. The zero-order chi connectivity index (χ0) is 22.2. The van der Waals surface area contributed by atoms with Gasteiger partial charge in [-0.15, -0.1) is 0 Å². The van der Waals surface area contributed by atoms with Gasteiger partial charge in [0.05, 0.1) is 6.61 Å². The van der Waals surface area contributed by atoms with Crippen LogP contribution in [0.1, 0.15) is 42.0 Å². The Bertz CT molecular complexity index is 1080. The number of rotatable bonds is 9. The highest BCUT2D eigenvalue weighted by Gasteiger charge is 2.07. The van der Waals surface area contributed by atoms with Crippen molar-refractivity contribution in [3.8, 4) is 16.9 Å². The molecule has 0 amide bonds. The molecule has 0 N–H and O–H groups in total. The molecular weight excluding hydrogens is 388 g/mol. The standard InChI is InChI=1S/C31H32O/c1-3-32-31-21-15-26(16-22-31)10-9-25-11-17-29(18-12-25)30-19-13-27(14-20-30)23-24(2)28-7-5-4-6-8-28/h4-8,11-22,24H,3,9-10,23H2,1-2H3/t24-/m1/s1.